The summed E-state index contributed by atoms with van der Waals surface area (Å²) in [6, 6.07) is 3.41. The first-order valence-corrected chi connectivity index (χ1v) is 8.33. The Morgan fingerprint density at radius 2 is 2.27 bits per heavy atom. The number of nitrogens with zero attached hydrogens (tertiary/aromatic N) is 3. The smallest absolute Gasteiger partial charge is 0.404 e. The van der Waals surface area contributed by atoms with Gasteiger partial charge in [0.15, 0.2) is 0 Å². The highest BCUT2D eigenvalue weighted by Crippen LogP contribution is 2.23. The van der Waals surface area contributed by atoms with Gasteiger partial charge in [-0.05, 0) is 12.5 Å². The fourth-order valence-corrected chi connectivity index (χ4v) is 3.24. The zero-order valence-corrected chi connectivity index (χ0v) is 14.4. The molecule has 1 fully saturated rings. The molecule has 2 atom stereocenters. The van der Waals surface area contributed by atoms with Crippen LogP contribution in [0.15, 0.2) is 18.3 Å². The fourth-order valence-electron chi connectivity index (χ4n) is 3.24. The fraction of sp³-hybridized carbons (Fsp3) is 0.471. The van der Waals surface area contributed by atoms with Gasteiger partial charge in [-0.25, -0.2) is 14.2 Å². The molecule has 3 rings (SSSR count). The first kappa shape index (κ1) is 18.3. The minimum Gasteiger partial charge on any atom is -0.481 e. The van der Waals surface area contributed by atoms with Crippen molar-refractivity contribution in [2.24, 2.45) is 5.92 Å². The van der Waals surface area contributed by atoms with Crippen molar-refractivity contribution in [3.05, 3.63) is 29.7 Å². The number of hydrogen-bond acceptors (Lipinski definition) is 6. The lowest BCUT2D eigenvalue weighted by molar-refractivity contribution is 0.138. The van der Waals surface area contributed by atoms with E-state index in [0.717, 1.165) is 0 Å². The number of methoxy groups -OCH3 is 1. The molecule has 2 aromatic rings. The second kappa shape index (κ2) is 7.79. The number of aromatic nitrogens is 2. The van der Waals surface area contributed by atoms with Crippen molar-refractivity contribution in [3.8, 4) is 5.88 Å². The molecule has 0 unspecified atom stereocenters. The average Bonchev–Trinajstić information content (AvgIpc) is 2.98. The number of carbonyl (C=O) groups is 1. The van der Waals surface area contributed by atoms with Crippen LogP contribution in [0.5, 0.6) is 5.88 Å². The average molecular weight is 364 g/mol. The van der Waals surface area contributed by atoms with Gasteiger partial charge in [-0.2, -0.15) is 0 Å². The van der Waals surface area contributed by atoms with Crippen LogP contribution in [0.2, 0.25) is 0 Å². The Balaban J connectivity index is 1.70. The van der Waals surface area contributed by atoms with Crippen LogP contribution in [0.25, 0.3) is 11.0 Å². The minimum absolute atomic E-state index is 0.177. The number of rotatable bonds is 6. The van der Waals surface area contributed by atoms with Gasteiger partial charge in [-0.3, -0.25) is 9.88 Å². The Morgan fingerprint density at radius 3 is 3.00 bits per heavy atom. The molecule has 0 bridgehead atoms. The summed E-state index contributed by atoms with van der Waals surface area (Å²) in [5.74, 6) is -0.215. The van der Waals surface area contributed by atoms with E-state index in [4.69, 9.17) is 9.84 Å². The number of likely N-dealkylation sites (tertiary alicyclic amines) is 1. The SMILES string of the molecule is COc1ccc2ncc(F)c(CCN3C[C@@H](CNC(=O)O)[C@@H](O)C3)c2n1. The Morgan fingerprint density at radius 1 is 1.46 bits per heavy atom. The Hall–Kier alpha value is -2.52. The predicted octanol–water partition coefficient (Wildman–Crippen LogP) is 0.880. The number of fused-ring (bicyclic) bond motifs is 1. The van der Waals surface area contributed by atoms with Crippen LogP contribution in [0, 0.1) is 11.7 Å². The van der Waals surface area contributed by atoms with E-state index in [-0.39, 0.29) is 12.5 Å². The zero-order valence-electron chi connectivity index (χ0n) is 14.4. The second-order valence-electron chi connectivity index (χ2n) is 6.33. The van der Waals surface area contributed by atoms with Gasteiger partial charge in [0.25, 0.3) is 0 Å². The van der Waals surface area contributed by atoms with Crippen LogP contribution in [-0.4, -0.2) is 70.6 Å². The standard InChI is InChI=1S/C17H21FN4O4/c1-26-15-3-2-13-16(21-15)11(12(18)7-19-13)4-5-22-8-10(14(23)9-22)6-20-17(24)25/h2-3,7,10,14,20,23H,4-6,8-9H2,1H3,(H,24,25)/t10-,14+/m1/s1. The molecule has 0 saturated carbocycles. The number of carboxylic acid groups (broad SMARTS) is 1. The van der Waals surface area contributed by atoms with Gasteiger partial charge in [0, 0.05) is 43.7 Å². The first-order chi connectivity index (χ1) is 12.5. The first-order valence-electron chi connectivity index (χ1n) is 8.33. The summed E-state index contributed by atoms with van der Waals surface area (Å²) in [5.41, 5.74) is 1.51. The number of amides is 1. The number of aliphatic hydroxyl groups excluding tert-OH is 1. The molecule has 140 valence electrons. The molecule has 1 aliphatic rings. The number of β-amino-alcohol motifs (C(OH)–C–C–N with tert-alkyl or cyclic N) is 1. The molecule has 1 saturated heterocycles. The highest BCUT2D eigenvalue weighted by Gasteiger charge is 2.31. The van der Waals surface area contributed by atoms with E-state index in [1.165, 1.54) is 13.3 Å². The molecule has 3 heterocycles. The largest absolute Gasteiger partial charge is 0.481 e. The summed E-state index contributed by atoms with van der Waals surface area (Å²) in [6.45, 7) is 1.68. The lowest BCUT2D eigenvalue weighted by atomic mass is 10.1. The molecule has 0 spiro atoms. The van der Waals surface area contributed by atoms with Gasteiger partial charge in [-0.15, -0.1) is 0 Å². The molecule has 26 heavy (non-hydrogen) atoms. The normalized spacial score (nSPS) is 20.4. The van der Waals surface area contributed by atoms with Gasteiger partial charge < -0.3 is 20.3 Å². The molecule has 0 radical (unpaired) electrons. The summed E-state index contributed by atoms with van der Waals surface area (Å²) in [5, 5.41) is 21.1. The quantitative estimate of drug-likeness (QED) is 0.698. The maximum atomic E-state index is 14.3. The molecule has 0 aliphatic carbocycles. The Bertz CT molecular complexity index is 804. The topological polar surface area (TPSA) is 108 Å². The number of ether oxygens (including phenoxy) is 1. The molecular weight excluding hydrogens is 343 g/mol. The summed E-state index contributed by atoms with van der Waals surface area (Å²) in [7, 11) is 1.50. The number of aliphatic hydroxyl groups is 1. The van der Waals surface area contributed by atoms with E-state index in [1.54, 1.807) is 12.1 Å². The molecule has 8 nitrogen and oxygen atoms in total. The van der Waals surface area contributed by atoms with Gasteiger partial charge in [0.05, 0.1) is 30.4 Å². The molecule has 2 aromatic heterocycles. The third-order valence-electron chi connectivity index (χ3n) is 4.62. The number of hydrogen-bond donors (Lipinski definition) is 3. The Labute approximate surface area is 149 Å². The van der Waals surface area contributed by atoms with Crippen molar-refractivity contribution in [1.29, 1.82) is 0 Å². The van der Waals surface area contributed by atoms with Crippen LogP contribution in [0.3, 0.4) is 0 Å². The van der Waals surface area contributed by atoms with E-state index in [0.29, 0.717) is 48.5 Å². The summed E-state index contributed by atoms with van der Waals surface area (Å²) >= 11 is 0. The van der Waals surface area contributed by atoms with E-state index in [1.807, 2.05) is 4.90 Å². The minimum atomic E-state index is -1.11. The Kier molecular flexibility index (Phi) is 5.48. The number of halogens is 1. The molecular formula is C17H21FN4O4. The maximum absolute atomic E-state index is 14.3. The third-order valence-corrected chi connectivity index (χ3v) is 4.62. The maximum Gasteiger partial charge on any atom is 0.404 e. The third kappa shape index (κ3) is 4.00. The van der Waals surface area contributed by atoms with Crippen LogP contribution >= 0.6 is 0 Å². The van der Waals surface area contributed by atoms with Crippen LogP contribution in [-0.2, 0) is 6.42 Å². The number of pyridine rings is 2. The lowest BCUT2D eigenvalue weighted by Crippen LogP contribution is -2.33. The number of nitrogens with one attached hydrogen (secondary N) is 1. The van der Waals surface area contributed by atoms with Crippen LogP contribution in [0.4, 0.5) is 9.18 Å². The van der Waals surface area contributed by atoms with Crippen molar-refractivity contribution in [3.63, 3.8) is 0 Å². The van der Waals surface area contributed by atoms with Crippen LogP contribution in [0.1, 0.15) is 5.56 Å². The van der Waals surface area contributed by atoms with E-state index < -0.39 is 18.0 Å². The van der Waals surface area contributed by atoms with Crippen molar-refractivity contribution >= 4 is 17.1 Å². The summed E-state index contributed by atoms with van der Waals surface area (Å²) in [4.78, 5) is 21.0. The van der Waals surface area contributed by atoms with E-state index in [2.05, 4.69) is 15.3 Å². The molecule has 9 heteroatoms. The van der Waals surface area contributed by atoms with Crippen molar-refractivity contribution < 1.29 is 24.1 Å². The van der Waals surface area contributed by atoms with Crippen molar-refractivity contribution in [2.45, 2.75) is 12.5 Å². The zero-order chi connectivity index (χ0) is 18.7. The van der Waals surface area contributed by atoms with E-state index in [9.17, 15) is 14.3 Å². The van der Waals surface area contributed by atoms with Gasteiger partial charge in [0.2, 0.25) is 5.88 Å². The van der Waals surface area contributed by atoms with Gasteiger partial charge in [0.1, 0.15) is 5.82 Å². The second-order valence-corrected chi connectivity index (χ2v) is 6.33. The van der Waals surface area contributed by atoms with Gasteiger partial charge in [-0.1, -0.05) is 0 Å². The molecule has 1 aliphatic heterocycles. The monoisotopic (exact) mass is 364 g/mol. The highest BCUT2D eigenvalue weighted by molar-refractivity contribution is 5.78. The summed E-state index contributed by atoms with van der Waals surface area (Å²) < 4.78 is 19.4. The molecule has 3 N–H and O–H groups in total. The van der Waals surface area contributed by atoms with Crippen LogP contribution < -0.4 is 10.1 Å². The highest BCUT2D eigenvalue weighted by atomic mass is 19.1. The predicted molar refractivity (Wildman–Crippen MR) is 91.7 cm³/mol. The molecule has 1 amide bonds. The van der Waals surface area contributed by atoms with Gasteiger partial charge >= 0.3 is 6.09 Å². The lowest BCUT2D eigenvalue weighted by Gasteiger charge is -2.16. The van der Waals surface area contributed by atoms with Crippen molar-refractivity contribution in [2.75, 3.05) is 33.3 Å². The van der Waals surface area contributed by atoms with Crippen molar-refractivity contribution in [1.82, 2.24) is 20.2 Å². The van der Waals surface area contributed by atoms with E-state index >= 15 is 0 Å². The summed E-state index contributed by atoms with van der Waals surface area (Å²) in [6.07, 6.45) is -0.138. The molecule has 0 aromatic carbocycles.